The lowest BCUT2D eigenvalue weighted by atomic mass is 10.1. The molecule has 0 saturated carbocycles. The fourth-order valence-corrected chi connectivity index (χ4v) is 3.06. The highest BCUT2D eigenvalue weighted by atomic mass is 16.3. The predicted molar refractivity (Wildman–Crippen MR) is 69.0 cm³/mol. The van der Waals surface area contributed by atoms with Gasteiger partial charge >= 0.3 is 0 Å². The van der Waals surface area contributed by atoms with Crippen LogP contribution in [0.1, 0.15) is 25.3 Å². The number of para-hydroxylation sites is 1. The van der Waals surface area contributed by atoms with Gasteiger partial charge in [-0.1, -0.05) is 18.2 Å². The van der Waals surface area contributed by atoms with Gasteiger partial charge in [-0.15, -0.1) is 0 Å². The summed E-state index contributed by atoms with van der Waals surface area (Å²) in [6.07, 6.45) is 1.18. The molecule has 1 N–H and O–H groups in total. The second-order valence-electron chi connectivity index (χ2n) is 5.10. The zero-order valence-electron chi connectivity index (χ0n) is 10.5. The molecule has 1 aromatic rings. The molecule has 1 amide bonds. The van der Waals surface area contributed by atoms with Gasteiger partial charge in [0.15, 0.2) is 0 Å². The Bertz CT molecular complexity index is 473. The Morgan fingerprint density at radius 1 is 1.39 bits per heavy atom. The Labute approximate surface area is 107 Å². The molecule has 0 spiro atoms. The summed E-state index contributed by atoms with van der Waals surface area (Å²) < 4.78 is 0. The maximum absolute atomic E-state index is 12.6. The first-order valence-corrected chi connectivity index (χ1v) is 6.51. The summed E-state index contributed by atoms with van der Waals surface area (Å²) in [7, 11) is 0. The summed E-state index contributed by atoms with van der Waals surface area (Å²) in [6, 6.07) is 7.80. The van der Waals surface area contributed by atoms with Gasteiger partial charge in [0.1, 0.15) is 6.23 Å². The van der Waals surface area contributed by atoms with Crippen molar-refractivity contribution in [2.45, 2.75) is 38.6 Å². The predicted octanol–water partition coefficient (Wildman–Crippen LogP) is 1.34. The van der Waals surface area contributed by atoms with E-state index in [2.05, 4.69) is 4.90 Å². The molecule has 0 aromatic heterocycles. The molecule has 4 heteroatoms. The molecule has 2 aliphatic heterocycles. The average molecular weight is 246 g/mol. The zero-order valence-corrected chi connectivity index (χ0v) is 10.5. The first-order chi connectivity index (χ1) is 8.68. The number of benzene rings is 1. The second-order valence-corrected chi connectivity index (χ2v) is 5.10. The van der Waals surface area contributed by atoms with Gasteiger partial charge < -0.3 is 5.11 Å². The minimum absolute atomic E-state index is 0.0347. The third kappa shape index (κ3) is 1.72. The lowest BCUT2D eigenvalue weighted by Crippen LogP contribution is -2.47. The molecule has 2 aliphatic rings. The Morgan fingerprint density at radius 2 is 2.17 bits per heavy atom. The van der Waals surface area contributed by atoms with Crippen LogP contribution >= 0.6 is 0 Å². The van der Waals surface area contributed by atoms with E-state index < -0.39 is 6.23 Å². The molecule has 4 nitrogen and oxygen atoms in total. The number of fused-ring (bicyclic) bond motifs is 2. The number of carbonyl (C=O) groups excluding carboxylic acids is 1. The number of hydrogen-bond donors (Lipinski definition) is 1. The maximum atomic E-state index is 12.6. The molecule has 18 heavy (non-hydrogen) atoms. The Kier molecular flexibility index (Phi) is 2.84. The van der Waals surface area contributed by atoms with Crippen molar-refractivity contribution in [3.8, 4) is 0 Å². The normalized spacial score (nSPS) is 25.6. The molecule has 1 saturated heterocycles. The molecular formula is C14H18N2O2. The first kappa shape index (κ1) is 11.7. The first-order valence-electron chi connectivity index (χ1n) is 6.51. The zero-order chi connectivity index (χ0) is 12.7. The lowest BCUT2D eigenvalue weighted by Gasteiger charge is -2.28. The van der Waals surface area contributed by atoms with Gasteiger partial charge in [0.05, 0.1) is 11.7 Å². The van der Waals surface area contributed by atoms with E-state index in [0.717, 1.165) is 37.2 Å². The number of hydrogen-bond acceptors (Lipinski definition) is 3. The van der Waals surface area contributed by atoms with Crippen LogP contribution in [0.5, 0.6) is 0 Å². The van der Waals surface area contributed by atoms with Crippen molar-refractivity contribution < 1.29 is 9.90 Å². The molecule has 2 atom stereocenters. The van der Waals surface area contributed by atoms with Crippen LogP contribution in [0.3, 0.4) is 0 Å². The monoisotopic (exact) mass is 246 g/mol. The van der Waals surface area contributed by atoms with Gasteiger partial charge in [0.25, 0.3) is 0 Å². The molecule has 0 radical (unpaired) electrons. The van der Waals surface area contributed by atoms with Crippen molar-refractivity contribution in [2.75, 3.05) is 11.4 Å². The highest BCUT2D eigenvalue weighted by Crippen LogP contribution is 2.32. The Hall–Kier alpha value is -1.39. The van der Waals surface area contributed by atoms with Crippen LogP contribution in [0.15, 0.2) is 24.3 Å². The second kappa shape index (κ2) is 4.37. The summed E-state index contributed by atoms with van der Waals surface area (Å²) in [5.74, 6) is 0.0347. The highest BCUT2D eigenvalue weighted by Gasteiger charge is 2.39. The average Bonchev–Trinajstić information content (AvgIpc) is 2.75. The quantitative estimate of drug-likeness (QED) is 0.813. The van der Waals surface area contributed by atoms with Crippen molar-refractivity contribution in [1.29, 1.82) is 0 Å². The summed E-state index contributed by atoms with van der Waals surface area (Å²) >= 11 is 0. The maximum Gasteiger partial charge on any atom is 0.246 e. The van der Waals surface area contributed by atoms with Crippen LogP contribution in [-0.2, 0) is 11.3 Å². The summed E-state index contributed by atoms with van der Waals surface area (Å²) in [6.45, 7) is 3.42. The van der Waals surface area contributed by atoms with E-state index in [1.54, 1.807) is 11.8 Å². The molecule has 3 rings (SSSR count). The van der Waals surface area contributed by atoms with E-state index in [0.29, 0.717) is 0 Å². The minimum atomic E-state index is -0.779. The highest BCUT2D eigenvalue weighted by molar-refractivity contribution is 5.99. The van der Waals surface area contributed by atoms with E-state index in [4.69, 9.17) is 0 Å². The van der Waals surface area contributed by atoms with Crippen molar-refractivity contribution in [3.63, 3.8) is 0 Å². The number of aliphatic hydroxyl groups is 1. The van der Waals surface area contributed by atoms with Gasteiger partial charge in [-0.05, 0) is 37.9 Å². The van der Waals surface area contributed by atoms with E-state index in [1.165, 1.54) is 0 Å². The van der Waals surface area contributed by atoms with Crippen molar-refractivity contribution in [2.24, 2.45) is 0 Å². The summed E-state index contributed by atoms with van der Waals surface area (Å²) in [5.41, 5.74) is 1.98. The lowest BCUT2D eigenvalue weighted by molar-refractivity contribution is -0.124. The molecule has 0 bridgehead atoms. The molecule has 2 heterocycles. The SMILES string of the molecule is CC(O)N1C(=O)C2CCCN2Cc2ccccc21. The number of aliphatic hydroxyl groups excluding tert-OH is 1. The molecule has 2 unspecified atom stereocenters. The van der Waals surface area contributed by atoms with Crippen LogP contribution in [0.4, 0.5) is 5.69 Å². The number of rotatable bonds is 1. The van der Waals surface area contributed by atoms with Crippen molar-refractivity contribution in [3.05, 3.63) is 29.8 Å². The van der Waals surface area contributed by atoms with Crippen molar-refractivity contribution >= 4 is 11.6 Å². The molecule has 1 fully saturated rings. The van der Waals surface area contributed by atoms with Gasteiger partial charge in [0.2, 0.25) is 5.91 Å². The molecule has 1 aromatic carbocycles. The van der Waals surface area contributed by atoms with Gasteiger partial charge in [-0.3, -0.25) is 14.6 Å². The van der Waals surface area contributed by atoms with Crippen molar-refractivity contribution in [1.82, 2.24) is 4.90 Å². The molecular weight excluding hydrogens is 228 g/mol. The minimum Gasteiger partial charge on any atom is -0.373 e. The smallest absolute Gasteiger partial charge is 0.246 e. The Balaban J connectivity index is 2.09. The van der Waals surface area contributed by atoms with Crippen LogP contribution in [0.25, 0.3) is 0 Å². The number of carbonyl (C=O) groups is 1. The standard InChI is InChI=1S/C14H18N2O2/c1-10(17)16-12-6-3-2-5-11(12)9-15-8-4-7-13(15)14(16)18/h2-3,5-6,10,13,17H,4,7-9H2,1H3. The third-order valence-corrected chi connectivity index (χ3v) is 3.88. The number of nitrogens with zero attached hydrogens (tertiary/aromatic N) is 2. The number of anilines is 1. The van der Waals surface area contributed by atoms with E-state index in [9.17, 15) is 9.90 Å². The van der Waals surface area contributed by atoms with E-state index in [-0.39, 0.29) is 11.9 Å². The van der Waals surface area contributed by atoms with Crippen LogP contribution in [0, 0.1) is 0 Å². The van der Waals surface area contributed by atoms with Gasteiger partial charge in [-0.25, -0.2) is 0 Å². The third-order valence-electron chi connectivity index (χ3n) is 3.88. The summed E-state index contributed by atoms with van der Waals surface area (Å²) in [5, 5.41) is 9.93. The van der Waals surface area contributed by atoms with Gasteiger partial charge in [0, 0.05) is 6.54 Å². The van der Waals surface area contributed by atoms with Crippen LogP contribution < -0.4 is 4.90 Å². The fourth-order valence-electron chi connectivity index (χ4n) is 3.06. The molecule has 96 valence electrons. The largest absolute Gasteiger partial charge is 0.373 e. The molecule has 0 aliphatic carbocycles. The van der Waals surface area contributed by atoms with E-state index in [1.807, 2.05) is 24.3 Å². The Morgan fingerprint density at radius 3 is 2.94 bits per heavy atom. The summed E-state index contributed by atoms with van der Waals surface area (Å²) in [4.78, 5) is 16.3. The van der Waals surface area contributed by atoms with Gasteiger partial charge in [-0.2, -0.15) is 0 Å². The van der Waals surface area contributed by atoms with Crippen LogP contribution in [-0.4, -0.2) is 34.7 Å². The van der Waals surface area contributed by atoms with E-state index >= 15 is 0 Å². The topological polar surface area (TPSA) is 43.8 Å². The van der Waals surface area contributed by atoms with Crippen LogP contribution in [0.2, 0.25) is 0 Å². The fraction of sp³-hybridized carbons (Fsp3) is 0.500. The number of amides is 1.